The number of nitrogens with zero attached hydrogens (tertiary/aromatic N) is 3. The zero-order valence-electron chi connectivity index (χ0n) is 15.0. The zero-order chi connectivity index (χ0) is 19.7. The first kappa shape index (κ1) is 21.5. The highest BCUT2D eigenvalue weighted by atomic mass is 16.6. The van der Waals surface area contributed by atoms with Gasteiger partial charge < -0.3 is 10.2 Å². The third-order valence-corrected chi connectivity index (χ3v) is 4.36. The van der Waals surface area contributed by atoms with E-state index in [-0.39, 0.29) is 10.6 Å². The second-order valence-electron chi connectivity index (χ2n) is 6.10. The number of rotatable bonds is 5. The van der Waals surface area contributed by atoms with Crippen molar-refractivity contribution >= 4 is 17.6 Å². The van der Waals surface area contributed by atoms with Gasteiger partial charge in [0.25, 0.3) is 5.69 Å². The van der Waals surface area contributed by atoms with Crippen LogP contribution in [-0.4, -0.2) is 69.1 Å². The molecule has 1 unspecified atom stereocenters. The molecule has 1 aromatic carbocycles. The molecule has 1 aliphatic heterocycles. The Morgan fingerprint density at radius 3 is 2.00 bits per heavy atom. The molecule has 0 aromatic heterocycles. The summed E-state index contributed by atoms with van der Waals surface area (Å²) in [4.78, 5) is 33.4. The van der Waals surface area contributed by atoms with Gasteiger partial charge in [0.15, 0.2) is 0 Å². The Balaban J connectivity index is 0.000000487. The molecule has 1 aliphatic rings. The van der Waals surface area contributed by atoms with Gasteiger partial charge in [0.05, 0.1) is 4.92 Å². The average molecular weight is 367 g/mol. The van der Waals surface area contributed by atoms with Crippen LogP contribution >= 0.6 is 0 Å². The van der Waals surface area contributed by atoms with Gasteiger partial charge in [0.2, 0.25) is 0 Å². The molecule has 2 N–H and O–H groups in total. The van der Waals surface area contributed by atoms with Crippen molar-refractivity contribution in [2.45, 2.75) is 32.9 Å². The summed E-state index contributed by atoms with van der Waals surface area (Å²) < 4.78 is 0. The maximum atomic E-state index is 10.6. The number of nitro groups is 1. The van der Waals surface area contributed by atoms with Crippen LogP contribution in [0.5, 0.6) is 0 Å². The van der Waals surface area contributed by atoms with E-state index in [2.05, 4.69) is 23.6 Å². The standard InChI is InChI=1S/C15H23N3O2.C2H2O4/c1-3-13(2)17-10-8-16(9-11-17)12-14-4-6-15(7-5-14)18(19)20;3-1(4)2(5)6/h4-7,13H,3,8-12H2,1-2H3;(H,3,4)(H,5,6). The molecular formula is C17H25N3O6. The van der Waals surface area contributed by atoms with Crippen LogP contribution < -0.4 is 0 Å². The summed E-state index contributed by atoms with van der Waals surface area (Å²) in [5, 5.41) is 25.4. The van der Waals surface area contributed by atoms with E-state index in [1.54, 1.807) is 12.1 Å². The lowest BCUT2D eigenvalue weighted by Gasteiger charge is -2.37. The summed E-state index contributed by atoms with van der Waals surface area (Å²) >= 11 is 0. The normalized spacial score (nSPS) is 16.2. The second-order valence-corrected chi connectivity index (χ2v) is 6.10. The first-order valence-electron chi connectivity index (χ1n) is 8.40. The lowest BCUT2D eigenvalue weighted by Crippen LogP contribution is -2.48. The van der Waals surface area contributed by atoms with Crippen molar-refractivity contribution in [2.75, 3.05) is 26.2 Å². The van der Waals surface area contributed by atoms with Gasteiger partial charge in [-0.3, -0.25) is 19.9 Å². The zero-order valence-corrected chi connectivity index (χ0v) is 15.0. The second kappa shape index (κ2) is 10.5. The van der Waals surface area contributed by atoms with Crippen molar-refractivity contribution in [3.63, 3.8) is 0 Å². The molecule has 1 atom stereocenters. The van der Waals surface area contributed by atoms with Gasteiger partial charge in [0.1, 0.15) is 0 Å². The fourth-order valence-corrected chi connectivity index (χ4v) is 2.60. The van der Waals surface area contributed by atoms with Gasteiger partial charge in [-0.1, -0.05) is 19.1 Å². The quantitative estimate of drug-likeness (QED) is 0.457. The number of nitro benzene ring substituents is 1. The molecule has 1 aromatic rings. The molecule has 0 bridgehead atoms. The predicted molar refractivity (Wildman–Crippen MR) is 95.0 cm³/mol. The van der Waals surface area contributed by atoms with E-state index < -0.39 is 11.9 Å². The smallest absolute Gasteiger partial charge is 0.414 e. The lowest BCUT2D eigenvalue weighted by atomic mass is 10.1. The molecule has 26 heavy (non-hydrogen) atoms. The summed E-state index contributed by atoms with van der Waals surface area (Å²) in [5.41, 5.74) is 1.31. The van der Waals surface area contributed by atoms with Crippen LogP contribution in [0.15, 0.2) is 24.3 Å². The lowest BCUT2D eigenvalue weighted by molar-refractivity contribution is -0.384. The molecular weight excluding hydrogens is 342 g/mol. The Morgan fingerprint density at radius 1 is 1.12 bits per heavy atom. The van der Waals surface area contributed by atoms with Gasteiger partial charge in [-0.2, -0.15) is 0 Å². The fraction of sp³-hybridized carbons (Fsp3) is 0.529. The number of carboxylic acid groups (broad SMARTS) is 2. The van der Waals surface area contributed by atoms with E-state index in [0.29, 0.717) is 6.04 Å². The Labute approximate surface area is 152 Å². The van der Waals surface area contributed by atoms with Crippen LogP contribution in [0.2, 0.25) is 0 Å². The van der Waals surface area contributed by atoms with Crippen LogP contribution in [0.3, 0.4) is 0 Å². The van der Waals surface area contributed by atoms with Crippen LogP contribution in [0.25, 0.3) is 0 Å². The predicted octanol–water partition coefficient (Wildman–Crippen LogP) is 1.67. The van der Waals surface area contributed by atoms with Gasteiger partial charge in [-0.25, -0.2) is 9.59 Å². The maximum Gasteiger partial charge on any atom is 0.414 e. The molecule has 1 saturated heterocycles. The number of aliphatic carboxylic acids is 2. The van der Waals surface area contributed by atoms with Crippen LogP contribution in [0, 0.1) is 10.1 Å². The number of carboxylic acids is 2. The minimum absolute atomic E-state index is 0.162. The Hall–Kier alpha value is -2.52. The Morgan fingerprint density at radius 2 is 1.62 bits per heavy atom. The molecule has 0 aliphatic carbocycles. The third-order valence-electron chi connectivity index (χ3n) is 4.36. The van der Waals surface area contributed by atoms with Gasteiger partial charge in [0, 0.05) is 50.9 Å². The van der Waals surface area contributed by atoms with E-state index in [4.69, 9.17) is 19.8 Å². The van der Waals surface area contributed by atoms with Crippen molar-refractivity contribution in [3.8, 4) is 0 Å². The average Bonchev–Trinajstić information content (AvgIpc) is 2.62. The van der Waals surface area contributed by atoms with Crippen molar-refractivity contribution in [2.24, 2.45) is 0 Å². The monoisotopic (exact) mass is 367 g/mol. The van der Waals surface area contributed by atoms with Crippen molar-refractivity contribution < 1.29 is 24.7 Å². The Kier molecular flexibility index (Phi) is 8.66. The minimum atomic E-state index is -1.82. The minimum Gasteiger partial charge on any atom is -0.473 e. The van der Waals surface area contributed by atoms with Crippen molar-refractivity contribution in [1.82, 2.24) is 9.80 Å². The summed E-state index contributed by atoms with van der Waals surface area (Å²) in [6.45, 7) is 9.76. The topological polar surface area (TPSA) is 124 Å². The number of benzene rings is 1. The van der Waals surface area contributed by atoms with Crippen LogP contribution in [-0.2, 0) is 16.1 Å². The highest BCUT2D eigenvalue weighted by Crippen LogP contribution is 2.15. The largest absolute Gasteiger partial charge is 0.473 e. The van der Waals surface area contributed by atoms with Gasteiger partial charge in [-0.15, -0.1) is 0 Å². The summed E-state index contributed by atoms with van der Waals surface area (Å²) in [6, 6.07) is 7.56. The number of hydrogen-bond acceptors (Lipinski definition) is 6. The van der Waals surface area contributed by atoms with E-state index >= 15 is 0 Å². The molecule has 1 fully saturated rings. The molecule has 0 saturated carbocycles. The molecule has 9 heteroatoms. The fourth-order valence-electron chi connectivity index (χ4n) is 2.60. The third kappa shape index (κ3) is 7.16. The highest BCUT2D eigenvalue weighted by molar-refractivity contribution is 6.27. The summed E-state index contributed by atoms with van der Waals surface area (Å²) in [7, 11) is 0. The van der Waals surface area contributed by atoms with Gasteiger partial charge in [-0.05, 0) is 18.9 Å². The number of piperazine rings is 1. The molecule has 0 amide bonds. The van der Waals surface area contributed by atoms with Crippen molar-refractivity contribution in [3.05, 3.63) is 39.9 Å². The summed E-state index contributed by atoms with van der Waals surface area (Å²) in [6.07, 6.45) is 1.20. The molecule has 0 spiro atoms. The number of hydrogen-bond donors (Lipinski definition) is 2. The van der Waals surface area contributed by atoms with E-state index in [1.165, 1.54) is 6.42 Å². The van der Waals surface area contributed by atoms with Crippen LogP contribution in [0.4, 0.5) is 5.69 Å². The SMILES string of the molecule is CCC(C)N1CCN(Cc2ccc([N+](=O)[O-])cc2)CC1.O=C(O)C(=O)O. The van der Waals surface area contributed by atoms with Crippen LogP contribution in [0.1, 0.15) is 25.8 Å². The first-order chi connectivity index (χ1) is 12.2. The van der Waals surface area contributed by atoms with E-state index in [0.717, 1.165) is 38.3 Å². The molecule has 1 heterocycles. The maximum absolute atomic E-state index is 10.6. The molecule has 9 nitrogen and oxygen atoms in total. The van der Waals surface area contributed by atoms with Crippen molar-refractivity contribution in [1.29, 1.82) is 0 Å². The summed E-state index contributed by atoms with van der Waals surface area (Å²) in [5.74, 6) is -3.65. The number of carbonyl (C=O) groups is 2. The van der Waals surface area contributed by atoms with Gasteiger partial charge >= 0.3 is 11.9 Å². The van der Waals surface area contributed by atoms with E-state index in [1.807, 2.05) is 12.1 Å². The van der Waals surface area contributed by atoms with E-state index in [9.17, 15) is 10.1 Å². The Bertz CT molecular complexity index is 599. The molecule has 2 rings (SSSR count). The molecule has 0 radical (unpaired) electrons. The first-order valence-corrected chi connectivity index (χ1v) is 8.40. The molecule has 144 valence electrons. The number of non-ortho nitro benzene ring substituents is 1. The highest BCUT2D eigenvalue weighted by Gasteiger charge is 2.20.